The van der Waals surface area contributed by atoms with Gasteiger partial charge >= 0.3 is 5.97 Å². The first-order chi connectivity index (χ1) is 8.04. The van der Waals surface area contributed by atoms with Gasteiger partial charge in [-0.05, 0) is 25.8 Å². The van der Waals surface area contributed by atoms with E-state index in [1.807, 2.05) is 0 Å². The highest BCUT2D eigenvalue weighted by molar-refractivity contribution is 5.75. The van der Waals surface area contributed by atoms with Crippen LogP contribution in [0.3, 0.4) is 0 Å². The zero-order valence-electron chi connectivity index (χ0n) is 11.7. The van der Waals surface area contributed by atoms with Crippen LogP contribution in [0.2, 0.25) is 0 Å². The average Bonchev–Trinajstić information content (AvgIpc) is 2.33. The lowest BCUT2D eigenvalue weighted by atomic mass is 10.1. The number of carbonyl (C=O) groups is 1. The predicted octanol–water partition coefficient (Wildman–Crippen LogP) is 1.63. The van der Waals surface area contributed by atoms with Crippen LogP contribution in [0.1, 0.15) is 40.5 Å². The molecule has 2 N–H and O–H groups in total. The van der Waals surface area contributed by atoms with E-state index < -0.39 is 6.04 Å². The van der Waals surface area contributed by atoms with Gasteiger partial charge in [-0.3, -0.25) is 4.79 Å². The van der Waals surface area contributed by atoms with Crippen molar-refractivity contribution in [3.63, 3.8) is 0 Å². The summed E-state index contributed by atoms with van der Waals surface area (Å²) in [5.74, 6) is 0.404. The summed E-state index contributed by atoms with van der Waals surface area (Å²) in [5, 5.41) is 0. The van der Waals surface area contributed by atoms with Gasteiger partial charge in [0.2, 0.25) is 0 Å². The molecule has 102 valence electrons. The second-order valence-corrected chi connectivity index (χ2v) is 4.55. The fourth-order valence-corrected chi connectivity index (χ4v) is 1.64. The Kier molecular flexibility index (Phi) is 9.09. The van der Waals surface area contributed by atoms with Crippen LogP contribution in [0, 0.1) is 5.92 Å². The molecule has 0 aromatic carbocycles. The van der Waals surface area contributed by atoms with Crippen LogP contribution in [-0.4, -0.2) is 43.2 Å². The van der Waals surface area contributed by atoms with Gasteiger partial charge in [0.15, 0.2) is 0 Å². The maximum atomic E-state index is 11.4. The second kappa shape index (κ2) is 9.42. The summed E-state index contributed by atoms with van der Waals surface area (Å²) in [6.45, 7) is 11.7. The SMILES string of the molecule is CCOC(=O)C(N)CCN(CC)CC(C)CC. The molecule has 0 aromatic heterocycles. The van der Waals surface area contributed by atoms with E-state index in [2.05, 4.69) is 25.7 Å². The summed E-state index contributed by atoms with van der Waals surface area (Å²) >= 11 is 0. The largest absolute Gasteiger partial charge is 0.465 e. The van der Waals surface area contributed by atoms with Crippen molar-refractivity contribution in [3.05, 3.63) is 0 Å². The molecule has 0 saturated carbocycles. The first-order valence-corrected chi connectivity index (χ1v) is 6.69. The van der Waals surface area contributed by atoms with Gasteiger partial charge in [0.25, 0.3) is 0 Å². The van der Waals surface area contributed by atoms with Crippen molar-refractivity contribution < 1.29 is 9.53 Å². The van der Waals surface area contributed by atoms with E-state index in [1.165, 1.54) is 6.42 Å². The molecule has 0 rings (SSSR count). The van der Waals surface area contributed by atoms with E-state index in [1.54, 1.807) is 6.92 Å². The number of rotatable bonds is 9. The highest BCUT2D eigenvalue weighted by atomic mass is 16.5. The number of nitrogens with zero attached hydrogens (tertiary/aromatic N) is 1. The minimum atomic E-state index is -0.485. The summed E-state index contributed by atoms with van der Waals surface area (Å²) < 4.78 is 4.89. The van der Waals surface area contributed by atoms with Crippen LogP contribution < -0.4 is 5.73 Å². The molecule has 0 aliphatic rings. The maximum absolute atomic E-state index is 11.4. The molecule has 0 spiro atoms. The smallest absolute Gasteiger partial charge is 0.322 e. The van der Waals surface area contributed by atoms with Gasteiger partial charge in [0.05, 0.1) is 6.61 Å². The number of nitrogens with two attached hydrogens (primary N) is 1. The normalized spacial score (nSPS) is 14.7. The van der Waals surface area contributed by atoms with Gasteiger partial charge in [-0.25, -0.2) is 0 Å². The molecule has 4 heteroatoms. The third-order valence-electron chi connectivity index (χ3n) is 3.06. The molecule has 0 bridgehead atoms. The van der Waals surface area contributed by atoms with Crippen molar-refractivity contribution in [1.29, 1.82) is 0 Å². The molecule has 0 aliphatic carbocycles. The molecule has 2 unspecified atom stereocenters. The number of carbonyl (C=O) groups excluding carboxylic acids is 1. The Hall–Kier alpha value is -0.610. The van der Waals surface area contributed by atoms with E-state index in [-0.39, 0.29) is 5.97 Å². The topological polar surface area (TPSA) is 55.6 Å². The Balaban J connectivity index is 3.92. The Morgan fingerprint density at radius 1 is 1.35 bits per heavy atom. The molecule has 0 amide bonds. The molecule has 0 radical (unpaired) electrons. The van der Waals surface area contributed by atoms with E-state index in [9.17, 15) is 4.79 Å². The summed E-state index contributed by atoms with van der Waals surface area (Å²) in [6, 6.07) is -0.485. The average molecular weight is 244 g/mol. The zero-order chi connectivity index (χ0) is 13.3. The van der Waals surface area contributed by atoms with Gasteiger partial charge < -0.3 is 15.4 Å². The van der Waals surface area contributed by atoms with E-state index >= 15 is 0 Å². The number of hydrogen-bond acceptors (Lipinski definition) is 4. The van der Waals surface area contributed by atoms with Gasteiger partial charge in [0, 0.05) is 13.1 Å². The van der Waals surface area contributed by atoms with Crippen LogP contribution in [0.25, 0.3) is 0 Å². The lowest BCUT2D eigenvalue weighted by molar-refractivity contribution is -0.144. The van der Waals surface area contributed by atoms with Crippen molar-refractivity contribution in [2.24, 2.45) is 11.7 Å². The van der Waals surface area contributed by atoms with Crippen molar-refractivity contribution in [2.45, 2.75) is 46.6 Å². The van der Waals surface area contributed by atoms with Crippen LogP contribution in [0.4, 0.5) is 0 Å². The highest BCUT2D eigenvalue weighted by Gasteiger charge is 2.16. The molecular weight excluding hydrogens is 216 g/mol. The van der Waals surface area contributed by atoms with E-state index in [4.69, 9.17) is 10.5 Å². The minimum absolute atomic E-state index is 0.285. The standard InChI is InChI=1S/C13H28N2O2/c1-5-11(4)10-15(6-2)9-8-12(14)13(16)17-7-3/h11-12H,5-10,14H2,1-4H3. The number of ether oxygens (including phenoxy) is 1. The Morgan fingerprint density at radius 2 is 2.00 bits per heavy atom. The quantitative estimate of drug-likeness (QED) is 0.626. The molecule has 17 heavy (non-hydrogen) atoms. The van der Waals surface area contributed by atoms with Crippen molar-refractivity contribution in [2.75, 3.05) is 26.2 Å². The van der Waals surface area contributed by atoms with E-state index in [0.717, 1.165) is 19.6 Å². The molecule has 0 aromatic rings. The molecule has 0 aliphatic heterocycles. The van der Waals surface area contributed by atoms with Gasteiger partial charge in [-0.1, -0.05) is 27.2 Å². The van der Waals surface area contributed by atoms with Crippen LogP contribution in [-0.2, 0) is 9.53 Å². The van der Waals surface area contributed by atoms with Gasteiger partial charge in [-0.2, -0.15) is 0 Å². The fraction of sp³-hybridized carbons (Fsp3) is 0.923. The number of esters is 1. The zero-order valence-corrected chi connectivity index (χ0v) is 11.7. The van der Waals surface area contributed by atoms with Crippen molar-refractivity contribution in [1.82, 2.24) is 4.90 Å². The minimum Gasteiger partial charge on any atom is -0.465 e. The van der Waals surface area contributed by atoms with Crippen LogP contribution in [0.5, 0.6) is 0 Å². The monoisotopic (exact) mass is 244 g/mol. The lowest BCUT2D eigenvalue weighted by Crippen LogP contribution is -2.38. The first kappa shape index (κ1) is 16.4. The highest BCUT2D eigenvalue weighted by Crippen LogP contribution is 2.05. The first-order valence-electron chi connectivity index (χ1n) is 6.69. The summed E-state index contributed by atoms with van der Waals surface area (Å²) in [6.07, 6.45) is 1.85. The fourth-order valence-electron chi connectivity index (χ4n) is 1.64. The predicted molar refractivity (Wildman–Crippen MR) is 70.8 cm³/mol. The second-order valence-electron chi connectivity index (χ2n) is 4.55. The molecule has 0 heterocycles. The molecule has 4 nitrogen and oxygen atoms in total. The van der Waals surface area contributed by atoms with Crippen LogP contribution in [0.15, 0.2) is 0 Å². The Morgan fingerprint density at radius 3 is 2.47 bits per heavy atom. The van der Waals surface area contributed by atoms with Gasteiger partial charge in [-0.15, -0.1) is 0 Å². The third-order valence-corrected chi connectivity index (χ3v) is 3.06. The number of hydrogen-bond donors (Lipinski definition) is 1. The van der Waals surface area contributed by atoms with Crippen molar-refractivity contribution in [3.8, 4) is 0 Å². The molecular formula is C13H28N2O2. The summed E-state index contributed by atoms with van der Waals surface area (Å²) in [7, 11) is 0. The van der Waals surface area contributed by atoms with Crippen LogP contribution >= 0.6 is 0 Å². The third kappa shape index (κ3) is 7.34. The summed E-state index contributed by atoms with van der Waals surface area (Å²) in [4.78, 5) is 13.7. The summed E-state index contributed by atoms with van der Waals surface area (Å²) in [5.41, 5.74) is 5.77. The molecule has 2 atom stereocenters. The Bertz CT molecular complexity index is 210. The van der Waals surface area contributed by atoms with Gasteiger partial charge in [0.1, 0.15) is 6.04 Å². The van der Waals surface area contributed by atoms with Crippen molar-refractivity contribution >= 4 is 5.97 Å². The van der Waals surface area contributed by atoms with E-state index in [0.29, 0.717) is 18.9 Å². The molecule has 0 fully saturated rings. The lowest BCUT2D eigenvalue weighted by Gasteiger charge is -2.24. The Labute approximate surface area is 105 Å². The molecule has 0 saturated heterocycles. The maximum Gasteiger partial charge on any atom is 0.322 e.